The van der Waals surface area contributed by atoms with Gasteiger partial charge in [-0.2, -0.15) is 10.2 Å². The van der Waals surface area contributed by atoms with E-state index in [9.17, 15) is 19.7 Å². The van der Waals surface area contributed by atoms with Gasteiger partial charge in [0.1, 0.15) is 5.71 Å². The molecule has 3 aromatic carbocycles. The average molecular weight is 470 g/mol. The van der Waals surface area contributed by atoms with E-state index in [1.54, 1.807) is 66.7 Å². The van der Waals surface area contributed by atoms with Gasteiger partial charge in [-0.3, -0.25) is 25.1 Å². The number of ether oxygens (including phenoxy) is 1. The van der Waals surface area contributed by atoms with Crippen LogP contribution in [0.25, 0.3) is 0 Å². The first kappa shape index (κ1) is 23.0. The van der Waals surface area contributed by atoms with Crippen LogP contribution in [0.4, 0.5) is 5.69 Å². The Hall–Kier alpha value is -5.19. The van der Waals surface area contributed by atoms with Gasteiger partial charge in [-0.25, -0.2) is 10.9 Å². The molecule has 1 unspecified atom stereocenters. The standard InChI is InChI=1S/C24H18N6O5/c25-22-20(27-29-24(32)16-10-5-2-6-11-16)19(26-28-23(31)15-8-3-1-4-9-15)21(35-22)17-12-7-13-18(14-17)30(33)34/h1-14,21,25H,(H,28,31)(H,29,32). The lowest BCUT2D eigenvalue weighted by Crippen LogP contribution is -2.28. The molecule has 1 heterocycles. The minimum absolute atomic E-state index is 0.00635. The fraction of sp³-hybridized carbons (Fsp3) is 0.0417. The average Bonchev–Trinajstić information content (AvgIpc) is 3.21. The van der Waals surface area contributed by atoms with Crippen LogP contribution in [0, 0.1) is 15.5 Å². The summed E-state index contributed by atoms with van der Waals surface area (Å²) in [5, 5.41) is 27.6. The maximum Gasteiger partial charge on any atom is 0.271 e. The van der Waals surface area contributed by atoms with E-state index in [-0.39, 0.29) is 17.1 Å². The summed E-state index contributed by atoms with van der Waals surface area (Å²) in [5.41, 5.74) is 5.41. The van der Waals surface area contributed by atoms with Crippen molar-refractivity contribution in [1.82, 2.24) is 10.9 Å². The second-order valence-electron chi connectivity index (χ2n) is 7.25. The molecule has 0 aliphatic carbocycles. The number of non-ortho nitro benzene ring substituents is 1. The zero-order chi connectivity index (χ0) is 24.8. The summed E-state index contributed by atoms with van der Waals surface area (Å²) >= 11 is 0. The molecule has 1 atom stereocenters. The molecule has 0 spiro atoms. The van der Waals surface area contributed by atoms with Crippen LogP contribution in [0.5, 0.6) is 0 Å². The predicted octanol–water partition coefficient (Wildman–Crippen LogP) is 3.22. The Bertz CT molecular complexity index is 1360. The van der Waals surface area contributed by atoms with Crippen LogP contribution in [0.2, 0.25) is 0 Å². The highest BCUT2D eigenvalue weighted by Crippen LogP contribution is 2.29. The molecular formula is C24H18N6O5. The number of nitrogens with one attached hydrogen (secondary N) is 3. The Morgan fingerprint density at radius 3 is 2.00 bits per heavy atom. The molecule has 0 radical (unpaired) electrons. The van der Waals surface area contributed by atoms with Gasteiger partial charge >= 0.3 is 0 Å². The number of amides is 2. The maximum absolute atomic E-state index is 12.5. The van der Waals surface area contributed by atoms with E-state index >= 15 is 0 Å². The highest BCUT2D eigenvalue weighted by atomic mass is 16.6. The van der Waals surface area contributed by atoms with Crippen LogP contribution >= 0.6 is 0 Å². The number of carbonyl (C=O) groups excluding carboxylic acids is 2. The third kappa shape index (κ3) is 5.25. The lowest BCUT2D eigenvalue weighted by Gasteiger charge is -2.10. The maximum atomic E-state index is 12.5. The van der Waals surface area contributed by atoms with E-state index in [2.05, 4.69) is 21.1 Å². The second kappa shape index (κ2) is 10.2. The van der Waals surface area contributed by atoms with Crippen molar-refractivity contribution in [3.8, 4) is 0 Å². The Kier molecular flexibility index (Phi) is 6.68. The lowest BCUT2D eigenvalue weighted by molar-refractivity contribution is -0.384. The van der Waals surface area contributed by atoms with E-state index in [1.807, 2.05) is 0 Å². The molecule has 174 valence electrons. The minimum atomic E-state index is -1.08. The summed E-state index contributed by atoms with van der Waals surface area (Å²) < 4.78 is 5.58. The Morgan fingerprint density at radius 2 is 1.43 bits per heavy atom. The van der Waals surface area contributed by atoms with Crippen molar-refractivity contribution in [2.24, 2.45) is 10.2 Å². The predicted molar refractivity (Wildman–Crippen MR) is 127 cm³/mol. The number of rotatable bonds is 6. The first-order valence-electron chi connectivity index (χ1n) is 10.3. The van der Waals surface area contributed by atoms with E-state index in [0.29, 0.717) is 16.7 Å². The molecule has 11 nitrogen and oxygen atoms in total. The fourth-order valence-electron chi connectivity index (χ4n) is 3.24. The van der Waals surface area contributed by atoms with Gasteiger partial charge in [0.25, 0.3) is 17.5 Å². The van der Waals surface area contributed by atoms with Crippen LogP contribution in [-0.2, 0) is 4.74 Å². The second-order valence-corrected chi connectivity index (χ2v) is 7.25. The third-order valence-corrected chi connectivity index (χ3v) is 4.94. The zero-order valence-corrected chi connectivity index (χ0v) is 18.0. The Balaban J connectivity index is 1.68. The molecule has 2 amide bonds. The van der Waals surface area contributed by atoms with Crippen molar-refractivity contribution in [2.45, 2.75) is 6.10 Å². The van der Waals surface area contributed by atoms with E-state index in [1.165, 1.54) is 18.2 Å². The minimum Gasteiger partial charge on any atom is -0.461 e. The van der Waals surface area contributed by atoms with Gasteiger partial charge in [0.2, 0.25) is 5.90 Å². The number of nitro benzene ring substituents is 1. The first-order chi connectivity index (χ1) is 16.9. The number of benzene rings is 3. The van der Waals surface area contributed by atoms with Crippen LogP contribution in [0.1, 0.15) is 32.4 Å². The smallest absolute Gasteiger partial charge is 0.271 e. The molecule has 1 aliphatic rings. The molecule has 1 aliphatic heterocycles. The van der Waals surface area contributed by atoms with Gasteiger partial charge < -0.3 is 4.74 Å². The number of hydrogen-bond donors (Lipinski definition) is 3. The molecule has 35 heavy (non-hydrogen) atoms. The SMILES string of the molecule is N=C1OC(c2cccc([N+](=O)[O-])c2)C(=NNC(=O)c2ccccc2)C1=NNC(=O)c1ccccc1. The van der Waals surface area contributed by atoms with Gasteiger partial charge in [0.05, 0.1) is 4.92 Å². The first-order valence-corrected chi connectivity index (χ1v) is 10.3. The lowest BCUT2D eigenvalue weighted by atomic mass is 10.0. The molecule has 0 aromatic heterocycles. The zero-order valence-electron chi connectivity index (χ0n) is 18.0. The Morgan fingerprint density at radius 1 is 0.857 bits per heavy atom. The third-order valence-electron chi connectivity index (χ3n) is 4.94. The molecule has 1 saturated heterocycles. The topological polar surface area (TPSA) is 159 Å². The number of carbonyl (C=O) groups is 2. The van der Waals surface area contributed by atoms with Gasteiger partial charge in [0, 0.05) is 28.8 Å². The van der Waals surface area contributed by atoms with E-state index in [0.717, 1.165) is 0 Å². The quantitative estimate of drug-likeness (QED) is 0.372. The summed E-state index contributed by atoms with van der Waals surface area (Å²) in [6.45, 7) is 0. The summed E-state index contributed by atoms with van der Waals surface area (Å²) in [4.78, 5) is 35.6. The van der Waals surface area contributed by atoms with Crippen molar-refractivity contribution < 1.29 is 19.2 Å². The summed E-state index contributed by atoms with van der Waals surface area (Å²) in [5.74, 6) is -1.48. The van der Waals surface area contributed by atoms with E-state index < -0.39 is 28.7 Å². The molecule has 3 N–H and O–H groups in total. The van der Waals surface area contributed by atoms with E-state index in [4.69, 9.17) is 10.1 Å². The summed E-state index contributed by atoms with van der Waals surface area (Å²) in [6, 6.07) is 22.2. The van der Waals surface area contributed by atoms with Crippen molar-refractivity contribution in [2.75, 3.05) is 0 Å². The fourth-order valence-corrected chi connectivity index (χ4v) is 3.24. The van der Waals surface area contributed by atoms with Gasteiger partial charge in [-0.1, -0.05) is 48.5 Å². The van der Waals surface area contributed by atoms with Crippen molar-refractivity contribution in [3.05, 3.63) is 112 Å². The molecule has 3 aromatic rings. The largest absolute Gasteiger partial charge is 0.461 e. The molecule has 4 rings (SSSR count). The van der Waals surface area contributed by atoms with Crippen LogP contribution < -0.4 is 10.9 Å². The number of hydrogen-bond acceptors (Lipinski definition) is 8. The van der Waals surface area contributed by atoms with Crippen LogP contribution in [0.3, 0.4) is 0 Å². The molecule has 0 bridgehead atoms. The van der Waals surface area contributed by atoms with Crippen molar-refractivity contribution in [1.29, 1.82) is 5.41 Å². The Labute approximate surface area is 198 Å². The van der Waals surface area contributed by atoms with Crippen molar-refractivity contribution >= 4 is 34.8 Å². The highest BCUT2D eigenvalue weighted by molar-refractivity contribution is 6.69. The van der Waals surface area contributed by atoms with Crippen LogP contribution in [-0.4, -0.2) is 34.1 Å². The molecular weight excluding hydrogens is 452 g/mol. The molecule has 1 fully saturated rings. The number of nitro groups is 1. The highest BCUT2D eigenvalue weighted by Gasteiger charge is 2.38. The summed E-state index contributed by atoms with van der Waals surface area (Å²) in [6.07, 6.45) is -1.08. The molecule has 11 heteroatoms. The number of hydrazone groups is 2. The molecule has 0 saturated carbocycles. The monoisotopic (exact) mass is 470 g/mol. The van der Waals surface area contributed by atoms with Gasteiger partial charge in [-0.05, 0) is 24.3 Å². The van der Waals surface area contributed by atoms with Crippen molar-refractivity contribution in [3.63, 3.8) is 0 Å². The van der Waals surface area contributed by atoms with Gasteiger partial charge in [-0.15, -0.1) is 0 Å². The van der Waals surface area contributed by atoms with Gasteiger partial charge in [0.15, 0.2) is 11.8 Å². The summed E-state index contributed by atoms with van der Waals surface area (Å²) in [7, 11) is 0. The normalized spacial score (nSPS) is 17.1. The van der Waals surface area contributed by atoms with Crippen LogP contribution in [0.15, 0.2) is 95.1 Å². The number of nitrogens with zero attached hydrogens (tertiary/aromatic N) is 3.